The van der Waals surface area contributed by atoms with Crippen LogP contribution in [0, 0.1) is 6.92 Å². The molecule has 104 valence electrons. The molecule has 0 saturated carbocycles. The van der Waals surface area contributed by atoms with E-state index in [9.17, 15) is 9.59 Å². The summed E-state index contributed by atoms with van der Waals surface area (Å²) in [7, 11) is 0. The first kappa shape index (κ1) is 13.8. The van der Waals surface area contributed by atoms with Crippen LogP contribution in [0.2, 0.25) is 0 Å². The van der Waals surface area contributed by atoms with Crippen LogP contribution in [0.15, 0.2) is 34.9 Å². The van der Waals surface area contributed by atoms with E-state index in [0.29, 0.717) is 23.6 Å². The van der Waals surface area contributed by atoms with Crippen LogP contribution in [0.4, 0.5) is 5.69 Å². The van der Waals surface area contributed by atoms with Gasteiger partial charge in [-0.25, -0.2) is 4.79 Å². The minimum absolute atomic E-state index is 0.115. The third-order valence-corrected chi connectivity index (χ3v) is 2.48. The maximum absolute atomic E-state index is 11.9. The minimum Gasteiger partial charge on any atom is -0.462 e. The maximum Gasteiger partial charge on any atom is 0.338 e. The molecule has 0 aliphatic rings. The highest BCUT2D eigenvalue weighted by atomic mass is 16.5. The molecule has 0 atom stereocenters. The van der Waals surface area contributed by atoms with Gasteiger partial charge in [-0.2, -0.15) is 0 Å². The number of ether oxygens (including phenoxy) is 1. The average Bonchev–Trinajstić information content (AvgIpc) is 2.86. The fourth-order valence-corrected chi connectivity index (χ4v) is 1.60. The molecule has 6 nitrogen and oxygen atoms in total. The van der Waals surface area contributed by atoms with Crippen molar-refractivity contribution in [3.63, 3.8) is 0 Å². The molecule has 0 bridgehead atoms. The Morgan fingerprint density at radius 2 is 2.15 bits per heavy atom. The van der Waals surface area contributed by atoms with E-state index in [1.54, 1.807) is 38.1 Å². The fourth-order valence-electron chi connectivity index (χ4n) is 1.60. The summed E-state index contributed by atoms with van der Waals surface area (Å²) in [6.07, 6.45) is 0. The molecule has 20 heavy (non-hydrogen) atoms. The number of nitrogens with one attached hydrogen (secondary N) is 1. The Morgan fingerprint density at radius 1 is 1.35 bits per heavy atom. The van der Waals surface area contributed by atoms with Gasteiger partial charge in [0.1, 0.15) is 0 Å². The Labute approximate surface area is 115 Å². The van der Waals surface area contributed by atoms with Crippen molar-refractivity contribution in [2.75, 3.05) is 11.9 Å². The summed E-state index contributed by atoms with van der Waals surface area (Å²) in [5, 5.41) is 6.27. The number of aryl methyl sites for hydroxylation is 1. The quantitative estimate of drug-likeness (QED) is 0.866. The molecular weight excluding hydrogens is 260 g/mol. The van der Waals surface area contributed by atoms with Crippen molar-refractivity contribution in [1.82, 2.24) is 5.16 Å². The van der Waals surface area contributed by atoms with Crippen LogP contribution < -0.4 is 5.32 Å². The second kappa shape index (κ2) is 6.01. The van der Waals surface area contributed by atoms with E-state index in [1.807, 2.05) is 0 Å². The number of benzene rings is 1. The number of esters is 1. The number of carbonyl (C=O) groups is 2. The molecule has 0 aliphatic heterocycles. The summed E-state index contributed by atoms with van der Waals surface area (Å²) >= 11 is 0. The molecule has 2 aromatic rings. The van der Waals surface area contributed by atoms with Crippen LogP contribution in [0.5, 0.6) is 0 Å². The zero-order valence-corrected chi connectivity index (χ0v) is 11.2. The van der Waals surface area contributed by atoms with Gasteiger partial charge in [0.15, 0.2) is 0 Å². The van der Waals surface area contributed by atoms with E-state index in [0.717, 1.165) is 0 Å². The van der Waals surface area contributed by atoms with E-state index in [4.69, 9.17) is 9.26 Å². The van der Waals surface area contributed by atoms with Crippen molar-refractivity contribution in [1.29, 1.82) is 0 Å². The number of amides is 1. The highest BCUT2D eigenvalue weighted by Gasteiger charge is 2.13. The highest BCUT2D eigenvalue weighted by molar-refractivity contribution is 6.03. The largest absolute Gasteiger partial charge is 0.462 e. The van der Waals surface area contributed by atoms with E-state index in [-0.39, 0.29) is 5.76 Å². The summed E-state index contributed by atoms with van der Waals surface area (Å²) in [6.45, 7) is 3.75. The molecule has 0 saturated heterocycles. The third-order valence-electron chi connectivity index (χ3n) is 2.48. The summed E-state index contributed by atoms with van der Waals surface area (Å²) in [5.74, 6) is -0.741. The van der Waals surface area contributed by atoms with Gasteiger partial charge in [-0.1, -0.05) is 11.2 Å². The summed E-state index contributed by atoms with van der Waals surface area (Å²) in [6, 6.07) is 8.02. The van der Waals surface area contributed by atoms with Crippen LogP contribution in [0.1, 0.15) is 33.5 Å². The first-order valence-corrected chi connectivity index (χ1v) is 6.12. The monoisotopic (exact) mass is 274 g/mol. The first-order valence-electron chi connectivity index (χ1n) is 6.12. The van der Waals surface area contributed by atoms with Crippen molar-refractivity contribution >= 4 is 17.6 Å². The second-order valence-electron chi connectivity index (χ2n) is 4.09. The lowest BCUT2D eigenvalue weighted by atomic mass is 10.2. The van der Waals surface area contributed by atoms with E-state index >= 15 is 0 Å². The zero-order chi connectivity index (χ0) is 14.5. The number of aromatic nitrogens is 1. The van der Waals surface area contributed by atoms with Gasteiger partial charge in [-0.05, 0) is 32.0 Å². The maximum atomic E-state index is 11.9. The molecular formula is C14H14N2O4. The molecule has 2 rings (SSSR count). The Hall–Kier alpha value is -2.63. The number of anilines is 1. The molecule has 0 spiro atoms. The molecule has 6 heteroatoms. The molecule has 1 aromatic carbocycles. The first-order chi connectivity index (χ1) is 9.60. The third kappa shape index (κ3) is 3.23. The predicted octanol–water partition coefficient (Wildman–Crippen LogP) is 2.41. The number of nitrogens with zero attached hydrogens (tertiary/aromatic N) is 1. The molecule has 0 unspecified atom stereocenters. The van der Waals surface area contributed by atoms with Gasteiger partial charge < -0.3 is 14.6 Å². The second-order valence-corrected chi connectivity index (χ2v) is 4.09. The van der Waals surface area contributed by atoms with E-state index in [2.05, 4.69) is 10.5 Å². The van der Waals surface area contributed by atoms with Gasteiger partial charge in [0, 0.05) is 11.8 Å². The molecule has 1 amide bonds. The highest BCUT2D eigenvalue weighted by Crippen LogP contribution is 2.13. The lowest BCUT2D eigenvalue weighted by Gasteiger charge is -2.05. The summed E-state index contributed by atoms with van der Waals surface area (Å²) < 4.78 is 9.76. The molecule has 1 heterocycles. The normalized spacial score (nSPS) is 10.1. The van der Waals surface area contributed by atoms with Crippen molar-refractivity contribution < 1.29 is 18.8 Å². The van der Waals surface area contributed by atoms with Gasteiger partial charge in [0.05, 0.1) is 17.9 Å². The molecule has 1 N–H and O–H groups in total. The summed E-state index contributed by atoms with van der Waals surface area (Å²) in [4.78, 5) is 23.5. The molecule has 1 aromatic heterocycles. The van der Waals surface area contributed by atoms with Crippen molar-refractivity contribution in [3.8, 4) is 0 Å². The van der Waals surface area contributed by atoms with Crippen molar-refractivity contribution in [2.45, 2.75) is 13.8 Å². The Morgan fingerprint density at radius 3 is 2.80 bits per heavy atom. The fraction of sp³-hybridized carbons (Fsp3) is 0.214. The molecule has 0 fully saturated rings. The van der Waals surface area contributed by atoms with E-state index < -0.39 is 11.9 Å². The van der Waals surface area contributed by atoms with Crippen molar-refractivity contribution in [3.05, 3.63) is 47.3 Å². The predicted molar refractivity (Wildman–Crippen MR) is 71.6 cm³/mol. The number of hydrogen-bond acceptors (Lipinski definition) is 5. The average molecular weight is 274 g/mol. The Kier molecular flexibility index (Phi) is 4.14. The van der Waals surface area contributed by atoms with Gasteiger partial charge in [-0.3, -0.25) is 4.79 Å². The standard InChI is InChI=1S/C14H14N2O4/c1-3-19-14(18)10-5-4-6-11(8-10)15-13(17)12-7-9(2)16-20-12/h4-8H,3H2,1-2H3,(H,15,17). The van der Waals surface area contributed by atoms with Crippen LogP contribution in [0.3, 0.4) is 0 Å². The molecule has 0 radical (unpaired) electrons. The number of carbonyl (C=O) groups excluding carboxylic acids is 2. The topological polar surface area (TPSA) is 81.4 Å². The Balaban J connectivity index is 2.12. The van der Waals surface area contributed by atoms with E-state index in [1.165, 1.54) is 6.07 Å². The van der Waals surface area contributed by atoms with Crippen LogP contribution in [-0.4, -0.2) is 23.6 Å². The van der Waals surface area contributed by atoms with Gasteiger partial charge in [-0.15, -0.1) is 0 Å². The Bertz CT molecular complexity index is 634. The van der Waals surface area contributed by atoms with Gasteiger partial charge >= 0.3 is 5.97 Å². The van der Waals surface area contributed by atoms with Gasteiger partial charge in [0.2, 0.25) is 5.76 Å². The minimum atomic E-state index is -0.431. The zero-order valence-electron chi connectivity index (χ0n) is 11.2. The van der Waals surface area contributed by atoms with Gasteiger partial charge in [0.25, 0.3) is 5.91 Å². The van der Waals surface area contributed by atoms with Crippen LogP contribution in [-0.2, 0) is 4.74 Å². The molecule has 0 aliphatic carbocycles. The summed E-state index contributed by atoms with van der Waals surface area (Å²) in [5.41, 5.74) is 1.48. The van der Waals surface area contributed by atoms with Crippen molar-refractivity contribution in [2.24, 2.45) is 0 Å². The lowest BCUT2D eigenvalue weighted by Crippen LogP contribution is -2.12. The lowest BCUT2D eigenvalue weighted by molar-refractivity contribution is 0.0526. The number of rotatable bonds is 4. The number of hydrogen-bond donors (Lipinski definition) is 1. The SMILES string of the molecule is CCOC(=O)c1cccc(NC(=O)c2cc(C)no2)c1. The van der Waals surface area contributed by atoms with Crippen LogP contribution in [0.25, 0.3) is 0 Å². The van der Waals surface area contributed by atoms with Crippen LogP contribution >= 0.6 is 0 Å². The smallest absolute Gasteiger partial charge is 0.338 e.